The Balaban J connectivity index is 2.88. The van der Waals surface area contributed by atoms with E-state index in [1.165, 1.54) is 6.08 Å². The van der Waals surface area contributed by atoms with E-state index in [1.807, 2.05) is 0 Å². The predicted octanol–water partition coefficient (Wildman–Crippen LogP) is 2.36. The number of isocyanates is 1. The van der Waals surface area contributed by atoms with Crippen LogP contribution in [0.3, 0.4) is 0 Å². The molecule has 0 aliphatic rings. The summed E-state index contributed by atoms with van der Waals surface area (Å²) in [5.74, 6) is 0. The molecule has 0 aliphatic carbocycles. The Labute approximate surface area is 87.8 Å². The Hall–Kier alpha value is -1.58. The monoisotopic (exact) mass is 249 g/mol. The molecule has 4 nitrogen and oxygen atoms in total. The number of aromatic nitrogens is 2. The normalized spacial score (nSPS) is 9.79. The summed E-state index contributed by atoms with van der Waals surface area (Å²) < 4.78 is 0.824. The van der Waals surface area contributed by atoms with E-state index >= 15 is 0 Å². The van der Waals surface area contributed by atoms with Gasteiger partial charge in [-0.2, -0.15) is 4.99 Å². The molecule has 0 fully saturated rings. The Bertz CT molecular complexity index is 535. The zero-order valence-electron chi connectivity index (χ0n) is 6.94. The minimum absolute atomic E-state index is 0.478. The van der Waals surface area contributed by atoms with Crippen molar-refractivity contribution in [3.63, 3.8) is 0 Å². The highest BCUT2D eigenvalue weighted by atomic mass is 79.9. The van der Waals surface area contributed by atoms with E-state index in [2.05, 4.69) is 30.9 Å². The van der Waals surface area contributed by atoms with Crippen molar-refractivity contribution >= 4 is 38.7 Å². The first-order valence-electron chi connectivity index (χ1n) is 3.80. The van der Waals surface area contributed by atoms with Gasteiger partial charge in [0.05, 0.1) is 0 Å². The Kier molecular flexibility index (Phi) is 2.35. The third-order valence-electron chi connectivity index (χ3n) is 1.72. The largest absolute Gasteiger partial charge is 0.252 e. The molecule has 1 aromatic heterocycles. The third-order valence-corrected chi connectivity index (χ3v) is 2.36. The summed E-state index contributed by atoms with van der Waals surface area (Å²) in [6, 6.07) is 3.46. The average molecular weight is 250 g/mol. The van der Waals surface area contributed by atoms with Crippen molar-refractivity contribution in [2.75, 3.05) is 0 Å². The number of benzene rings is 1. The highest BCUT2D eigenvalue weighted by molar-refractivity contribution is 9.10. The molecule has 2 aromatic rings. The lowest BCUT2D eigenvalue weighted by molar-refractivity contribution is 0.565. The van der Waals surface area contributed by atoms with Crippen molar-refractivity contribution in [2.24, 2.45) is 4.99 Å². The zero-order valence-corrected chi connectivity index (χ0v) is 8.52. The summed E-state index contributed by atoms with van der Waals surface area (Å²) >= 11 is 3.34. The Morgan fingerprint density at radius 1 is 1.21 bits per heavy atom. The van der Waals surface area contributed by atoms with E-state index in [0.29, 0.717) is 16.7 Å². The molecule has 68 valence electrons. The number of hydrogen-bond acceptors (Lipinski definition) is 4. The lowest BCUT2D eigenvalue weighted by Gasteiger charge is -1.99. The van der Waals surface area contributed by atoms with Crippen LogP contribution >= 0.6 is 15.9 Å². The molecule has 0 saturated heterocycles. The lowest BCUT2D eigenvalue weighted by atomic mass is 10.2. The smallest absolute Gasteiger partial charge is 0.240 e. The minimum atomic E-state index is 0.478. The van der Waals surface area contributed by atoms with Gasteiger partial charge in [-0.05, 0) is 28.1 Å². The van der Waals surface area contributed by atoms with Crippen molar-refractivity contribution in [1.29, 1.82) is 0 Å². The molecule has 14 heavy (non-hydrogen) atoms. The van der Waals surface area contributed by atoms with Gasteiger partial charge in [-0.15, -0.1) is 0 Å². The van der Waals surface area contributed by atoms with Crippen LogP contribution in [0.4, 0.5) is 5.69 Å². The summed E-state index contributed by atoms with van der Waals surface area (Å²) in [5, 5.41) is 0. The van der Waals surface area contributed by atoms with Crippen molar-refractivity contribution in [1.82, 2.24) is 9.97 Å². The minimum Gasteiger partial charge on any atom is -0.252 e. The van der Waals surface area contributed by atoms with Crippen LogP contribution in [0, 0.1) is 0 Å². The van der Waals surface area contributed by atoms with Gasteiger partial charge in [-0.1, -0.05) is 0 Å². The van der Waals surface area contributed by atoms with Crippen molar-refractivity contribution in [3.05, 3.63) is 29.0 Å². The number of nitrogens with zero attached hydrogens (tertiary/aromatic N) is 3. The predicted molar refractivity (Wildman–Crippen MR) is 55.0 cm³/mol. The summed E-state index contributed by atoms with van der Waals surface area (Å²) in [6.07, 6.45) is 4.63. The van der Waals surface area contributed by atoms with Crippen LogP contribution in [-0.2, 0) is 4.79 Å². The molecule has 0 spiro atoms. The van der Waals surface area contributed by atoms with Gasteiger partial charge < -0.3 is 0 Å². The average Bonchev–Trinajstić information content (AvgIpc) is 2.23. The van der Waals surface area contributed by atoms with E-state index in [4.69, 9.17) is 0 Å². The number of carbonyl (C=O) groups excluding carboxylic acids is 1. The van der Waals surface area contributed by atoms with Gasteiger partial charge >= 0.3 is 0 Å². The molecule has 1 aromatic carbocycles. The topological polar surface area (TPSA) is 55.2 Å². The maximum absolute atomic E-state index is 10.2. The molecule has 1 heterocycles. The fourth-order valence-corrected chi connectivity index (χ4v) is 1.57. The second-order valence-corrected chi connectivity index (χ2v) is 3.38. The number of fused-ring (bicyclic) bond motifs is 1. The number of rotatable bonds is 1. The van der Waals surface area contributed by atoms with E-state index in [-0.39, 0.29) is 0 Å². The summed E-state index contributed by atoms with van der Waals surface area (Å²) in [4.78, 5) is 21.9. The highest BCUT2D eigenvalue weighted by Gasteiger charge is 2.04. The molecule has 2 rings (SSSR count). The SMILES string of the molecule is O=C=Nc1ccc(Br)c2nccnc12. The summed E-state index contributed by atoms with van der Waals surface area (Å²) in [5.41, 5.74) is 1.75. The molecular weight excluding hydrogens is 246 g/mol. The maximum atomic E-state index is 10.2. The van der Waals surface area contributed by atoms with Crippen LogP contribution in [-0.4, -0.2) is 16.0 Å². The van der Waals surface area contributed by atoms with Gasteiger partial charge in [-0.25, -0.2) is 4.79 Å². The van der Waals surface area contributed by atoms with E-state index < -0.39 is 0 Å². The van der Waals surface area contributed by atoms with Crippen LogP contribution < -0.4 is 0 Å². The second-order valence-electron chi connectivity index (χ2n) is 2.52. The molecule has 0 N–H and O–H groups in total. The fourth-order valence-electron chi connectivity index (χ4n) is 1.15. The second kappa shape index (κ2) is 3.65. The number of halogens is 1. The van der Waals surface area contributed by atoms with Crippen LogP contribution in [0.25, 0.3) is 11.0 Å². The van der Waals surface area contributed by atoms with Gasteiger partial charge in [-0.3, -0.25) is 9.97 Å². The molecule has 0 aliphatic heterocycles. The van der Waals surface area contributed by atoms with Gasteiger partial charge in [0.15, 0.2) is 0 Å². The molecule has 0 bridgehead atoms. The molecular formula is C9H4BrN3O. The van der Waals surface area contributed by atoms with Gasteiger partial charge in [0.25, 0.3) is 0 Å². The Morgan fingerprint density at radius 2 is 1.93 bits per heavy atom. The summed E-state index contributed by atoms with van der Waals surface area (Å²) in [6.45, 7) is 0. The van der Waals surface area contributed by atoms with Crippen LogP contribution in [0.2, 0.25) is 0 Å². The first kappa shape index (κ1) is 8.99. The zero-order chi connectivity index (χ0) is 9.97. The third kappa shape index (κ3) is 1.43. The molecule has 0 amide bonds. The fraction of sp³-hybridized carbons (Fsp3) is 0. The standard InChI is InChI=1S/C9H4BrN3O/c10-6-1-2-7(13-5-14)9-8(6)11-3-4-12-9/h1-4H. The van der Waals surface area contributed by atoms with E-state index in [1.54, 1.807) is 24.5 Å². The Morgan fingerprint density at radius 3 is 2.64 bits per heavy atom. The number of aliphatic imine (C=N–C) groups is 1. The van der Waals surface area contributed by atoms with Crippen molar-refractivity contribution in [2.45, 2.75) is 0 Å². The maximum Gasteiger partial charge on any atom is 0.240 e. The van der Waals surface area contributed by atoms with E-state index in [9.17, 15) is 4.79 Å². The highest BCUT2D eigenvalue weighted by Crippen LogP contribution is 2.27. The first-order valence-corrected chi connectivity index (χ1v) is 4.59. The molecule has 0 saturated carbocycles. The summed E-state index contributed by atoms with van der Waals surface area (Å²) in [7, 11) is 0. The molecule has 0 atom stereocenters. The van der Waals surface area contributed by atoms with Crippen molar-refractivity contribution in [3.8, 4) is 0 Å². The molecule has 0 radical (unpaired) electrons. The van der Waals surface area contributed by atoms with Crippen molar-refractivity contribution < 1.29 is 4.79 Å². The molecule has 0 unspecified atom stereocenters. The van der Waals surface area contributed by atoms with Crippen LogP contribution in [0.1, 0.15) is 0 Å². The quantitative estimate of drug-likeness (QED) is 0.576. The van der Waals surface area contributed by atoms with E-state index in [0.717, 1.165) is 4.47 Å². The molecule has 5 heteroatoms. The number of hydrogen-bond donors (Lipinski definition) is 0. The van der Waals surface area contributed by atoms with Crippen LogP contribution in [0.5, 0.6) is 0 Å². The first-order chi connectivity index (χ1) is 6.83. The van der Waals surface area contributed by atoms with Gasteiger partial charge in [0.1, 0.15) is 16.7 Å². The van der Waals surface area contributed by atoms with Gasteiger partial charge in [0, 0.05) is 16.9 Å². The van der Waals surface area contributed by atoms with Gasteiger partial charge in [0.2, 0.25) is 6.08 Å². The lowest BCUT2D eigenvalue weighted by Crippen LogP contribution is -1.83. The van der Waals surface area contributed by atoms with Crippen LogP contribution in [0.15, 0.2) is 34.0 Å².